The molecule has 1 saturated carbocycles. The van der Waals surface area contributed by atoms with Crippen LogP contribution in [0.3, 0.4) is 0 Å². The molecule has 2 aliphatic rings. The number of fused-ring (bicyclic) bond motifs is 3. The minimum absolute atomic E-state index is 0.0229. The van der Waals surface area contributed by atoms with Crippen molar-refractivity contribution in [1.29, 1.82) is 0 Å². The van der Waals surface area contributed by atoms with Crippen LogP contribution in [0.4, 0.5) is 5.69 Å². The maximum Gasteiger partial charge on any atom is 0.302 e. The van der Waals surface area contributed by atoms with Gasteiger partial charge in [-0.3, -0.25) is 14.3 Å². The summed E-state index contributed by atoms with van der Waals surface area (Å²) in [6, 6.07) is 15.1. The molecular formula is C28H34N4O4. The van der Waals surface area contributed by atoms with Gasteiger partial charge in [-0.15, -0.1) is 10.2 Å². The van der Waals surface area contributed by atoms with E-state index in [0.29, 0.717) is 40.7 Å². The average molecular weight is 491 g/mol. The summed E-state index contributed by atoms with van der Waals surface area (Å²) in [4.78, 5) is 14.8. The van der Waals surface area contributed by atoms with Gasteiger partial charge in [0.1, 0.15) is 11.5 Å². The van der Waals surface area contributed by atoms with Gasteiger partial charge in [-0.1, -0.05) is 39.0 Å². The first-order valence-corrected chi connectivity index (χ1v) is 12.4. The standard InChI is InChI=1S/C28H34N4O4/c1-27(2)13-19-14-28(3,16-27)17-31(19)18-32-23-8-6-5-7-22(23)25(26(32)34)30-29-24(33)15-36-21-11-9-20(35-4)10-12-21/h5-12,19,34H,13-18H2,1-4H3/t19-,28-/m1/s1. The minimum atomic E-state index is -0.537. The number of rotatable bonds is 7. The summed E-state index contributed by atoms with van der Waals surface area (Å²) < 4.78 is 12.5. The predicted molar refractivity (Wildman–Crippen MR) is 138 cm³/mol. The molecule has 0 spiro atoms. The number of hydrogen-bond acceptors (Lipinski definition) is 6. The lowest BCUT2D eigenvalue weighted by Crippen LogP contribution is -2.35. The highest BCUT2D eigenvalue weighted by Crippen LogP contribution is 2.53. The van der Waals surface area contributed by atoms with Crippen LogP contribution in [0.15, 0.2) is 58.8 Å². The fraction of sp³-hybridized carbons (Fsp3) is 0.464. The van der Waals surface area contributed by atoms with E-state index in [2.05, 4.69) is 35.9 Å². The van der Waals surface area contributed by atoms with Crippen molar-refractivity contribution >= 4 is 22.5 Å². The molecule has 190 valence electrons. The van der Waals surface area contributed by atoms with Crippen LogP contribution in [0.5, 0.6) is 17.4 Å². The van der Waals surface area contributed by atoms with Gasteiger partial charge in [0, 0.05) is 18.0 Å². The fourth-order valence-electron chi connectivity index (χ4n) is 6.39. The number of nitrogens with zero attached hydrogens (tertiary/aromatic N) is 4. The summed E-state index contributed by atoms with van der Waals surface area (Å²) in [5.41, 5.74) is 1.79. The summed E-state index contributed by atoms with van der Waals surface area (Å²) in [6.45, 7) is 8.43. The largest absolute Gasteiger partial charge is 0.497 e. The summed E-state index contributed by atoms with van der Waals surface area (Å²) in [5, 5.41) is 19.9. The number of methoxy groups -OCH3 is 1. The fourth-order valence-corrected chi connectivity index (χ4v) is 6.39. The molecule has 5 rings (SSSR count). The highest BCUT2D eigenvalue weighted by atomic mass is 16.5. The molecule has 1 aliphatic carbocycles. The number of amides is 1. The predicted octanol–water partition coefficient (Wildman–Crippen LogP) is 5.90. The lowest BCUT2D eigenvalue weighted by Gasteiger charge is -2.40. The number of ether oxygens (including phenoxy) is 2. The van der Waals surface area contributed by atoms with E-state index in [1.54, 1.807) is 31.4 Å². The van der Waals surface area contributed by atoms with Gasteiger partial charge in [-0.05, 0) is 60.4 Å². The topological polar surface area (TPSA) is 88.6 Å². The summed E-state index contributed by atoms with van der Waals surface area (Å²) in [6.07, 6.45) is 3.55. The number of hydrogen-bond donors (Lipinski definition) is 1. The Balaban J connectivity index is 1.33. The lowest BCUT2D eigenvalue weighted by molar-refractivity contribution is -0.120. The van der Waals surface area contributed by atoms with Crippen LogP contribution in [0.2, 0.25) is 0 Å². The maximum atomic E-state index is 12.4. The quantitative estimate of drug-likeness (QED) is 0.416. The van der Waals surface area contributed by atoms with Gasteiger partial charge >= 0.3 is 5.91 Å². The third-order valence-corrected chi connectivity index (χ3v) is 7.45. The Kier molecular flexibility index (Phi) is 6.24. The van der Waals surface area contributed by atoms with Crippen LogP contribution < -0.4 is 9.47 Å². The van der Waals surface area contributed by atoms with Gasteiger partial charge in [0.25, 0.3) is 0 Å². The molecule has 2 heterocycles. The van der Waals surface area contributed by atoms with Crippen molar-refractivity contribution in [2.24, 2.45) is 21.1 Å². The molecule has 8 nitrogen and oxygen atoms in total. The van der Waals surface area contributed by atoms with E-state index in [4.69, 9.17) is 9.47 Å². The number of likely N-dealkylation sites (tertiary alicyclic amines) is 1. The molecule has 2 bridgehead atoms. The first-order chi connectivity index (χ1) is 17.2. The van der Waals surface area contributed by atoms with E-state index in [-0.39, 0.29) is 12.5 Å². The highest BCUT2D eigenvalue weighted by Gasteiger charge is 2.49. The first kappa shape index (κ1) is 24.3. The molecule has 1 N–H and O–H groups in total. The third kappa shape index (κ3) is 4.82. The zero-order valence-corrected chi connectivity index (χ0v) is 21.4. The molecule has 1 amide bonds. The van der Waals surface area contributed by atoms with Crippen molar-refractivity contribution < 1.29 is 19.4 Å². The SMILES string of the molecule is COc1ccc(OCC(=O)N=Nc2c(O)n(CN3C[C@]4(C)C[C@H]3CC(C)(C)C4)c3ccccc23)cc1. The second kappa shape index (κ2) is 9.24. The summed E-state index contributed by atoms with van der Waals surface area (Å²) in [7, 11) is 1.59. The third-order valence-electron chi connectivity index (χ3n) is 7.45. The summed E-state index contributed by atoms with van der Waals surface area (Å²) in [5.74, 6) is 0.724. The Labute approximate surface area is 211 Å². The molecule has 36 heavy (non-hydrogen) atoms. The van der Waals surface area contributed by atoms with Gasteiger partial charge in [-0.25, -0.2) is 0 Å². The van der Waals surface area contributed by atoms with Crippen molar-refractivity contribution in [2.45, 2.75) is 52.7 Å². The summed E-state index contributed by atoms with van der Waals surface area (Å²) >= 11 is 0. The minimum Gasteiger partial charge on any atom is -0.497 e. The average Bonchev–Trinajstić information content (AvgIpc) is 3.24. The van der Waals surface area contributed by atoms with E-state index in [1.165, 1.54) is 12.8 Å². The Bertz CT molecular complexity index is 1300. The Morgan fingerprint density at radius 3 is 2.56 bits per heavy atom. The number of carbonyl (C=O) groups is 1. The Morgan fingerprint density at radius 2 is 1.81 bits per heavy atom. The van der Waals surface area contributed by atoms with E-state index >= 15 is 0 Å². The van der Waals surface area contributed by atoms with Gasteiger partial charge < -0.3 is 14.6 Å². The van der Waals surface area contributed by atoms with E-state index in [1.807, 2.05) is 28.8 Å². The van der Waals surface area contributed by atoms with E-state index in [9.17, 15) is 9.90 Å². The highest BCUT2D eigenvalue weighted by molar-refractivity contribution is 5.95. The number of para-hydroxylation sites is 1. The van der Waals surface area contributed by atoms with Gasteiger partial charge in [0.15, 0.2) is 12.3 Å². The van der Waals surface area contributed by atoms with Crippen LogP contribution in [-0.4, -0.2) is 46.8 Å². The Hall–Kier alpha value is -3.39. The zero-order valence-electron chi connectivity index (χ0n) is 21.4. The molecule has 3 aromatic rings. The second-order valence-corrected chi connectivity index (χ2v) is 11.3. The molecule has 8 heteroatoms. The Morgan fingerprint density at radius 1 is 1.08 bits per heavy atom. The van der Waals surface area contributed by atoms with Gasteiger partial charge in [-0.2, -0.15) is 0 Å². The lowest BCUT2D eigenvalue weighted by atomic mass is 9.65. The number of carbonyl (C=O) groups excluding carboxylic acids is 1. The first-order valence-electron chi connectivity index (χ1n) is 12.4. The van der Waals surface area contributed by atoms with Crippen molar-refractivity contribution in [3.63, 3.8) is 0 Å². The van der Waals surface area contributed by atoms with Gasteiger partial charge in [0.05, 0.1) is 19.3 Å². The molecule has 1 saturated heterocycles. The normalized spacial score (nSPS) is 23.4. The van der Waals surface area contributed by atoms with E-state index < -0.39 is 5.91 Å². The van der Waals surface area contributed by atoms with Crippen molar-refractivity contribution in [2.75, 3.05) is 20.3 Å². The van der Waals surface area contributed by atoms with Gasteiger partial charge in [0.2, 0.25) is 5.88 Å². The van der Waals surface area contributed by atoms with Crippen LogP contribution >= 0.6 is 0 Å². The number of benzene rings is 2. The molecule has 2 fully saturated rings. The smallest absolute Gasteiger partial charge is 0.302 e. The molecule has 1 aromatic heterocycles. The van der Waals surface area contributed by atoms with Crippen molar-refractivity contribution in [3.8, 4) is 17.4 Å². The number of azo groups is 1. The van der Waals surface area contributed by atoms with Crippen molar-refractivity contribution in [1.82, 2.24) is 9.47 Å². The zero-order chi connectivity index (χ0) is 25.5. The van der Waals surface area contributed by atoms with Crippen molar-refractivity contribution in [3.05, 3.63) is 48.5 Å². The molecule has 2 aromatic carbocycles. The molecule has 0 unspecified atom stereocenters. The number of aromatic hydroxyl groups is 1. The van der Waals surface area contributed by atoms with Crippen LogP contribution in [0, 0.1) is 10.8 Å². The monoisotopic (exact) mass is 490 g/mol. The van der Waals surface area contributed by atoms with Crippen LogP contribution in [0.25, 0.3) is 10.9 Å². The molecule has 1 aliphatic heterocycles. The van der Waals surface area contributed by atoms with Crippen LogP contribution in [-0.2, 0) is 11.5 Å². The second-order valence-electron chi connectivity index (χ2n) is 11.3. The molecule has 2 atom stereocenters. The number of aromatic nitrogens is 1. The maximum absolute atomic E-state index is 12.4. The molecule has 0 radical (unpaired) electrons. The van der Waals surface area contributed by atoms with E-state index in [0.717, 1.165) is 23.9 Å². The van der Waals surface area contributed by atoms with Crippen LogP contribution in [0.1, 0.15) is 40.0 Å². The molecular weight excluding hydrogens is 456 g/mol.